The number of carbonyl (C=O) groups excluding carboxylic acids is 2. The van der Waals surface area contributed by atoms with E-state index in [-0.39, 0.29) is 42.2 Å². The molecule has 1 saturated carbocycles. The van der Waals surface area contributed by atoms with Crippen molar-refractivity contribution in [1.82, 2.24) is 20.6 Å². The third-order valence-corrected chi connectivity index (χ3v) is 4.26. The van der Waals surface area contributed by atoms with Gasteiger partial charge in [0.05, 0.1) is 0 Å². The number of benzene rings is 1. The van der Waals surface area contributed by atoms with Crippen LogP contribution in [0.1, 0.15) is 39.4 Å². The second kappa shape index (κ2) is 9.38. The maximum absolute atomic E-state index is 12.9. The van der Waals surface area contributed by atoms with Crippen molar-refractivity contribution in [1.29, 1.82) is 0 Å². The average molecular weight is 394 g/mol. The number of rotatable bonds is 7. The van der Waals surface area contributed by atoms with Crippen LogP contribution >= 0.6 is 12.4 Å². The Kier molecular flexibility index (Phi) is 7.20. The van der Waals surface area contributed by atoms with Gasteiger partial charge in [-0.1, -0.05) is 12.1 Å². The number of hydrogen-bond donors (Lipinski definition) is 3. The summed E-state index contributed by atoms with van der Waals surface area (Å²) in [7, 11) is 0. The summed E-state index contributed by atoms with van der Waals surface area (Å²) in [6.07, 6.45) is 4.78. The summed E-state index contributed by atoms with van der Waals surface area (Å²) in [6, 6.07) is 5.64. The minimum absolute atomic E-state index is 0. The molecule has 4 N–H and O–H groups in total. The van der Waals surface area contributed by atoms with Crippen LogP contribution in [-0.2, 0) is 6.54 Å². The maximum atomic E-state index is 12.9. The molecule has 0 saturated heterocycles. The van der Waals surface area contributed by atoms with E-state index in [1.54, 1.807) is 12.1 Å². The molecule has 2 aromatic rings. The van der Waals surface area contributed by atoms with E-state index in [2.05, 4.69) is 20.6 Å². The molecule has 1 heterocycles. The predicted octanol–water partition coefficient (Wildman–Crippen LogP) is 1.43. The molecule has 1 aliphatic carbocycles. The van der Waals surface area contributed by atoms with Crippen LogP contribution in [0.2, 0.25) is 0 Å². The van der Waals surface area contributed by atoms with E-state index >= 15 is 0 Å². The summed E-state index contributed by atoms with van der Waals surface area (Å²) in [4.78, 5) is 32.9. The summed E-state index contributed by atoms with van der Waals surface area (Å²) < 4.78 is 12.9. The molecule has 144 valence electrons. The summed E-state index contributed by atoms with van der Waals surface area (Å²) in [5.41, 5.74) is 6.34. The van der Waals surface area contributed by atoms with Crippen LogP contribution in [-0.4, -0.2) is 34.4 Å². The van der Waals surface area contributed by atoms with Crippen LogP contribution in [0.5, 0.6) is 0 Å². The highest BCUT2D eigenvalue weighted by Gasteiger charge is 2.32. The Bertz CT molecular complexity index is 799. The SMILES string of the molecule is Cl.NCC(NC(=O)c1nccnc1C(=O)NCc1ccc(F)cc1)C1CC1. The lowest BCUT2D eigenvalue weighted by Crippen LogP contribution is -2.43. The lowest BCUT2D eigenvalue weighted by molar-refractivity contribution is 0.0898. The van der Waals surface area contributed by atoms with Crippen LogP contribution in [0.15, 0.2) is 36.7 Å². The minimum atomic E-state index is -0.525. The lowest BCUT2D eigenvalue weighted by Gasteiger charge is -2.16. The van der Waals surface area contributed by atoms with Gasteiger partial charge in [0.15, 0.2) is 11.4 Å². The zero-order valence-corrected chi connectivity index (χ0v) is 15.3. The zero-order chi connectivity index (χ0) is 18.5. The van der Waals surface area contributed by atoms with E-state index < -0.39 is 11.8 Å². The molecule has 1 fully saturated rings. The molecule has 1 unspecified atom stereocenters. The van der Waals surface area contributed by atoms with Gasteiger partial charge < -0.3 is 16.4 Å². The summed E-state index contributed by atoms with van der Waals surface area (Å²) >= 11 is 0. The molecule has 2 amide bonds. The second-order valence-corrected chi connectivity index (χ2v) is 6.22. The van der Waals surface area contributed by atoms with Crippen LogP contribution in [0.4, 0.5) is 4.39 Å². The molecule has 7 nitrogen and oxygen atoms in total. The maximum Gasteiger partial charge on any atom is 0.272 e. The van der Waals surface area contributed by atoms with Crippen LogP contribution in [0.25, 0.3) is 0 Å². The Morgan fingerprint density at radius 2 is 1.70 bits per heavy atom. The smallest absolute Gasteiger partial charge is 0.272 e. The van der Waals surface area contributed by atoms with E-state index in [4.69, 9.17) is 5.73 Å². The predicted molar refractivity (Wildman–Crippen MR) is 99.9 cm³/mol. The van der Waals surface area contributed by atoms with Crippen molar-refractivity contribution in [3.05, 3.63) is 59.4 Å². The summed E-state index contributed by atoms with van der Waals surface area (Å²) in [5, 5.41) is 5.50. The molecule has 0 radical (unpaired) electrons. The second-order valence-electron chi connectivity index (χ2n) is 6.22. The molecule has 9 heteroatoms. The molecule has 3 rings (SSSR count). The van der Waals surface area contributed by atoms with Crippen molar-refractivity contribution < 1.29 is 14.0 Å². The van der Waals surface area contributed by atoms with E-state index in [1.807, 2.05) is 0 Å². The summed E-state index contributed by atoms with van der Waals surface area (Å²) in [5.74, 6) is -0.954. The van der Waals surface area contributed by atoms with Crippen LogP contribution < -0.4 is 16.4 Å². The van der Waals surface area contributed by atoms with Crippen molar-refractivity contribution in [3.8, 4) is 0 Å². The average Bonchev–Trinajstić information content (AvgIpc) is 3.50. The van der Waals surface area contributed by atoms with Gasteiger partial charge in [-0.05, 0) is 36.5 Å². The first-order valence-electron chi connectivity index (χ1n) is 8.43. The van der Waals surface area contributed by atoms with Gasteiger partial charge in [-0.2, -0.15) is 0 Å². The highest BCUT2D eigenvalue weighted by atomic mass is 35.5. The molecule has 1 atom stereocenters. The van der Waals surface area contributed by atoms with Crippen molar-refractivity contribution in [3.63, 3.8) is 0 Å². The Morgan fingerprint density at radius 1 is 1.11 bits per heavy atom. The van der Waals surface area contributed by atoms with Crippen LogP contribution in [0, 0.1) is 11.7 Å². The fraction of sp³-hybridized carbons (Fsp3) is 0.333. The standard InChI is InChI=1S/C18H20FN5O2.ClH/c19-13-5-1-11(2-6-13)10-23-17(25)15-16(22-8-7-21-15)18(26)24-14(9-20)12-3-4-12;/h1-2,5-8,12,14H,3-4,9-10,20H2,(H,23,25)(H,24,26);1H. The van der Waals surface area contributed by atoms with Gasteiger partial charge >= 0.3 is 0 Å². The normalized spacial score (nSPS) is 14.0. The highest BCUT2D eigenvalue weighted by Crippen LogP contribution is 2.32. The van der Waals surface area contributed by atoms with Crippen molar-refractivity contribution in [2.24, 2.45) is 11.7 Å². The minimum Gasteiger partial charge on any atom is -0.347 e. The molecule has 27 heavy (non-hydrogen) atoms. The first-order valence-corrected chi connectivity index (χ1v) is 8.43. The van der Waals surface area contributed by atoms with Gasteiger partial charge in [0.1, 0.15) is 5.82 Å². The van der Waals surface area contributed by atoms with E-state index in [1.165, 1.54) is 24.5 Å². The fourth-order valence-corrected chi connectivity index (χ4v) is 2.64. The third kappa shape index (κ3) is 5.45. The van der Waals surface area contributed by atoms with Crippen LogP contribution in [0.3, 0.4) is 0 Å². The van der Waals surface area contributed by atoms with Gasteiger partial charge in [-0.15, -0.1) is 12.4 Å². The van der Waals surface area contributed by atoms with Gasteiger partial charge in [-0.25, -0.2) is 14.4 Å². The molecule has 0 bridgehead atoms. The molecule has 1 aromatic heterocycles. The molecular formula is C18H21ClFN5O2. The van der Waals surface area contributed by atoms with Crippen molar-refractivity contribution in [2.45, 2.75) is 25.4 Å². The number of amides is 2. The largest absolute Gasteiger partial charge is 0.347 e. The van der Waals surface area contributed by atoms with Gasteiger partial charge in [0.25, 0.3) is 11.8 Å². The molecule has 1 aliphatic rings. The quantitative estimate of drug-likeness (QED) is 0.659. The van der Waals surface area contributed by atoms with E-state index in [0.717, 1.165) is 18.4 Å². The molecular weight excluding hydrogens is 373 g/mol. The first kappa shape index (κ1) is 20.7. The zero-order valence-electron chi connectivity index (χ0n) is 14.5. The first-order chi connectivity index (χ1) is 12.6. The highest BCUT2D eigenvalue weighted by molar-refractivity contribution is 6.04. The Labute approximate surface area is 162 Å². The fourth-order valence-electron chi connectivity index (χ4n) is 2.64. The Hall–Kier alpha value is -2.58. The van der Waals surface area contributed by atoms with E-state index in [0.29, 0.717) is 12.5 Å². The van der Waals surface area contributed by atoms with Crippen molar-refractivity contribution in [2.75, 3.05) is 6.54 Å². The van der Waals surface area contributed by atoms with E-state index in [9.17, 15) is 14.0 Å². The molecule has 0 aliphatic heterocycles. The number of nitrogens with two attached hydrogens (primary N) is 1. The molecule has 0 spiro atoms. The van der Waals surface area contributed by atoms with Crippen molar-refractivity contribution >= 4 is 24.2 Å². The van der Waals surface area contributed by atoms with Gasteiger partial charge in [0.2, 0.25) is 0 Å². The monoisotopic (exact) mass is 393 g/mol. The van der Waals surface area contributed by atoms with Gasteiger partial charge in [0, 0.05) is 31.5 Å². The molecule has 1 aromatic carbocycles. The number of carbonyl (C=O) groups is 2. The number of nitrogens with zero attached hydrogens (tertiary/aromatic N) is 2. The summed E-state index contributed by atoms with van der Waals surface area (Å²) in [6.45, 7) is 0.521. The van der Waals surface area contributed by atoms with Gasteiger partial charge in [-0.3, -0.25) is 9.59 Å². The topological polar surface area (TPSA) is 110 Å². The Morgan fingerprint density at radius 3 is 2.26 bits per heavy atom. The number of nitrogens with one attached hydrogen (secondary N) is 2. The Balaban J connectivity index is 0.00000261. The lowest BCUT2D eigenvalue weighted by atomic mass is 10.1. The number of halogens is 2. The number of hydrogen-bond acceptors (Lipinski definition) is 5. The third-order valence-electron chi connectivity index (χ3n) is 4.26. The number of aromatic nitrogens is 2.